The molecular weight excluding hydrogens is 421 g/mol. The Hall–Kier alpha value is -2.73. The predicted octanol–water partition coefficient (Wildman–Crippen LogP) is 6.87. The standard InChI is InChI=1S/C25H21F3O2S/c1-30-23(29)24(14-15-24)20-10-12-22(13-11-20)31-16-17-2-4-18(5-3-17)19-6-8-21(9-7-19)25(26,27)28/h2-13H,14-16H2,1H3. The van der Waals surface area contributed by atoms with E-state index in [1.165, 1.54) is 19.2 Å². The van der Waals surface area contributed by atoms with Crippen LogP contribution in [0.5, 0.6) is 0 Å². The van der Waals surface area contributed by atoms with Crippen LogP contribution in [0.1, 0.15) is 29.5 Å². The van der Waals surface area contributed by atoms with Crippen LogP contribution in [0.25, 0.3) is 11.1 Å². The van der Waals surface area contributed by atoms with E-state index in [0.29, 0.717) is 0 Å². The smallest absolute Gasteiger partial charge is 0.416 e. The molecule has 2 nitrogen and oxygen atoms in total. The summed E-state index contributed by atoms with van der Waals surface area (Å²) in [5.74, 6) is 0.607. The Bertz CT molecular complexity index is 1050. The van der Waals surface area contributed by atoms with Crippen LogP contribution in [0.3, 0.4) is 0 Å². The normalized spacial score (nSPS) is 14.8. The number of thioether (sulfide) groups is 1. The van der Waals surface area contributed by atoms with Gasteiger partial charge in [0, 0.05) is 10.6 Å². The molecule has 0 saturated heterocycles. The number of methoxy groups -OCH3 is 1. The zero-order valence-corrected chi connectivity index (χ0v) is 17.7. The van der Waals surface area contributed by atoms with Gasteiger partial charge in [0.25, 0.3) is 0 Å². The van der Waals surface area contributed by atoms with Crippen LogP contribution in [-0.2, 0) is 26.9 Å². The van der Waals surface area contributed by atoms with E-state index in [1.54, 1.807) is 11.8 Å². The second kappa shape index (κ2) is 8.42. The topological polar surface area (TPSA) is 26.3 Å². The second-order valence-electron chi connectivity index (χ2n) is 7.66. The van der Waals surface area contributed by atoms with E-state index < -0.39 is 17.2 Å². The molecule has 6 heteroatoms. The third-order valence-corrected chi connectivity index (χ3v) is 6.72. The van der Waals surface area contributed by atoms with Crippen molar-refractivity contribution in [3.63, 3.8) is 0 Å². The van der Waals surface area contributed by atoms with Crippen LogP contribution in [0.2, 0.25) is 0 Å². The number of hydrogen-bond donors (Lipinski definition) is 0. The Morgan fingerprint density at radius 3 is 1.94 bits per heavy atom. The zero-order chi connectivity index (χ0) is 22.1. The quantitative estimate of drug-likeness (QED) is 0.308. The van der Waals surface area contributed by atoms with E-state index in [1.807, 2.05) is 48.5 Å². The molecule has 1 aliphatic rings. The molecule has 0 aliphatic heterocycles. The van der Waals surface area contributed by atoms with E-state index in [0.717, 1.165) is 57.9 Å². The van der Waals surface area contributed by atoms with E-state index in [2.05, 4.69) is 0 Å². The van der Waals surface area contributed by atoms with Gasteiger partial charge in [-0.05, 0) is 59.4 Å². The molecule has 3 aromatic rings. The number of ether oxygens (including phenoxy) is 1. The highest BCUT2D eigenvalue weighted by molar-refractivity contribution is 7.98. The highest BCUT2D eigenvalue weighted by Crippen LogP contribution is 2.49. The highest BCUT2D eigenvalue weighted by Gasteiger charge is 2.52. The average Bonchev–Trinajstić information content (AvgIpc) is 3.59. The maximum atomic E-state index is 12.7. The summed E-state index contributed by atoms with van der Waals surface area (Å²) in [6.45, 7) is 0. The number of hydrogen-bond acceptors (Lipinski definition) is 3. The summed E-state index contributed by atoms with van der Waals surface area (Å²) in [5.41, 5.74) is 2.66. The molecular formula is C25H21F3O2S. The van der Waals surface area contributed by atoms with Crippen LogP contribution in [0, 0.1) is 0 Å². The van der Waals surface area contributed by atoms with Crippen molar-refractivity contribution in [2.24, 2.45) is 0 Å². The van der Waals surface area contributed by atoms with Crippen LogP contribution in [0.4, 0.5) is 13.2 Å². The van der Waals surface area contributed by atoms with Crippen LogP contribution < -0.4 is 0 Å². The van der Waals surface area contributed by atoms with Gasteiger partial charge in [-0.15, -0.1) is 11.8 Å². The summed E-state index contributed by atoms with van der Waals surface area (Å²) in [7, 11) is 1.43. The number of esters is 1. The summed E-state index contributed by atoms with van der Waals surface area (Å²) in [5, 5.41) is 0. The van der Waals surface area contributed by atoms with E-state index in [9.17, 15) is 18.0 Å². The largest absolute Gasteiger partial charge is 0.468 e. The zero-order valence-electron chi connectivity index (χ0n) is 16.9. The maximum absolute atomic E-state index is 12.7. The van der Waals surface area contributed by atoms with Gasteiger partial charge >= 0.3 is 12.1 Å². The molecule has 0 aromatic heterocycles. The molecule has 0 amide bonds. The summed E-state index contributed by atoms with van der Waals surface area (Å²) >= 11 is 1.69. The molecule has 1 saturated carbocycles. The molecule has 3 aromatic carbocycles. The minimum absolute atomic E-state index is 0.166. The fourth-order valence-electron chi connectivity index (χ4n) is 3.61. The summed E-state index contributed by atoms with van der Waals surface area (Å²) < 4.78 is 43.1. The van der Waals surface area contributed by atoms with Gasteiger partial charge in [-0.3, -0.25) is 4.79 Å². The van der Waals surface area contributed by atoms with Gasteiger partial charge in [0.15, 0.2) is 0 Å². The molecule has 0 heterocycles. The van der Waals surface area contributed by atoms with Crippen LogP contribution >= 0.6 is 11.8 Å². The Balaban J connectivity index is 1.37. The number of carbonyl (C=O) groups excluding carboxylic acids is 1. The van der Waals surface area contributed by atoms with Crippen molar-refractivity contribution in [3.05, 3.63) is 89.5 Å². The lowest BCUT2D eigenvalue weighted by molar-refractivity contribution is -0.143. The Morgan fingerprint density at radius 1 is 0.903 bits per heavy atom. The average molecular weight is 443 g/mol. The molecule has 0 bridgehead atoms. The van der Waals surface area contributed by atoms with E-state index in [4.69, 9.17) is 4.74 Å². The van der Waals surface area contributed by atoms with Crippen molar-refractivity contribution in [1.29, 1.82) is 0 Å². The number of benzene rings is 3. The van der Waals surface area contributed by atoms with Crippen LogP contribution in [-0.4, -0.2) is 13.1 Å². The number of rotatable bonds is 6. The first-order valence-electron chi connectivity index (χ1n) is 9.90. The minimum atomic E-state index is -4.32. The second-order valence-corrected chi connectivity index (χ2v) is 8.71. The van der Waals surface area contributed by atoms with E-state index in [-0.39, 0.29) is 5.97 Å². The predicted molar refractivity (Wildman–Crippen MR) is 116 cm³/mol. The van der Waals surface area contributed by atoms with Gasteiger partial charge in [0.05, 0.1) is 18.1 Å². The Kier molecular flexibility index (Phi) is 5.84. The fourth-order valence-corrected chi connectivity index (χ4v) is 4.47. The Labute approximate surface area is 183 Å². The van der Waals surface area contributed by atoms with Crippen molar-refractivity contribution in [2.75, 3.05) is 7.11 Å². The maximum Gasteiger partial charge on any atom is 0.416 e. The van der Waals surface area contributed by atoms with Gasteiger partial charge in [-0.1, -0.05) is 48.5 Å². The molecule has 0 radical (unpaired) electrons. The lowest BCUT2D eigenvalue weighted by Crippen LogP contribution is -2.21. The molecule has 0 unspecified atom stereocenters. The molecule has 0 atom stereocenters. The molecule has 1 fully saturated rings. The van der Waals surface area contributed by atoms with Gasteiger partial charge < -0.3 is 4.74 Å². The van der Waals surface area contributed by atoms with Crippen molar-refractivity contribution in [3.8, 4) is 11.1 Å². The lowest BCUT2D eigenvalue weighted by Gasteiger charge is -2.13. The number of halogens is 3. The molecule has 160 valence electrons. The highest BCUT2D eigenvalue weighted by atomic mass is 32.2. The molecule has 1 aliphatic carbocycles. The van der Waals surface area contributed by atoms with Crippen LogP contribution in [0.15, 0.2) is 77.7 Å². The van der Waals surface area contributed by atoms with Crippen molar-refractivity contribution in [1.82, 2.24) is 0 Å². The molecule has 31 heavy (non-hydrogen) atoms. The minimum Gasteiger partial charge on any atom is -0.468 e. The summed E-state index contributed by atoms with van der Waals surface area (Å²) in [6, 6.07) is 21.1. The summed E-state index contributed by atoms with van der Waals surface area (Å²) in [6.07, 6.45) is -2.66. The third kappa shape index (κ3) is 4.64. The molecule has 4 rings (SSSR count). The van der Waals surface area contributed by atoms with E-state index >= 15 is 0 Å². The van der Waals surface area contributed by atoms with Gasteiger partial charge in [0.2, 0.25) is 0 Å². The number of carbonyl (C=O) groups is 1. The first kappa shape index (κ1) is 21.5. The first-order chi connectivity index (χ1) is 14.8. The van der Waals surface area contributed by atoms with Gasteiger partial charge in [0.1, 0.15) is 0 Å². The van der Waals surface area contributed by atoms with Crippen molar-refractivity contribution < 1.29 is 22.7 Å². The fraction of sp³-hybridized carbons (Fsp3) is 0.240. The number of alkyl halides is 3. The summed E-state index contributed by atoms with van der Waals surface area (Å²) in [4.78, 5) is 13.1. The SMILES string of the molecule is COC(=O)C1(c2ccc(SCc3ccc(-c4ccc(C(F)(F)F)cc4)cc3)cc2)CC1. The molecule has 0 spiro atoms. The monoisotopic (exact) mass is 442 g/mol. The van der Waals surface area contributed by atoms with Gasteiger partial charge in [-0.2, -0.15) is 13.2 Å². The third-order valence-electron chi connectivity index (χ3n) is 5.64. The van der Waals surface area contributed by atoms with Crippen molar-refractivity contribution >= 4 is 17.7 Å². The lowest BCUT2D eigenvalue weighted by atomic mass is 9.96. The van der Waals surface area contributed by atoms with Crippen molar-refractivity contribution in [2.45, 2.75) is 35.1 Å². The van der Waals surface area contributed by atoms with Gasteiger partial charge in [-0.25, -0.2) is 0 Å². The first-order valence-corrected chi connectivity index (χ1v) is 10.9. The Morgan fingerprint density at radius 2 is 1.45 bits per heavy atom. The molecule has 0 N–H and O–H groups in total.